The molecule has 0 fully saturated rings. The largest absolute Gasteiger partial charge is 0.302 e. The molecule has 0 spiro atoms. The highest BCUT2D eigenvalue weighted by molar-refractivity contribution is 7.79. The van der Waals surface area contributed by atoms with Gasteiger partial charge in [-0.25, -0.2) is 4.21 Å². The summed E-state index contributed by atoms with van der Waals surface area (Å²) in [6, 6.07) is 10.9. The van der Waals surface area contributed by atoms with Crippen molar-refractivity contribution in [1.82, 2.24) is 0 Å². The van der Waals surface area contributed by atoms with Crippen LogP contribution >= 0.6 is 0 Å². The molecule has 19 heavy (non-hydrogen) atoms. The minimum absolute atomic E-state index is 0.0228. The van der Waals surface area contributed by atoms with Gasteiger partial charge in [0.15, 0.2) is 22.6 Å². The highest BCUT2D eigenvalue weighted by Crippen LogP contribution is 2.30. The van der Waals surface area contributed by atoms with Crippen LogP contribution in [-0.4, -0.2) is 20.3 Å². The van der Waals surface area contributed by atoms with Crippen LogP contribution in [-0.2, 0) is 11.1 Å². The number of carbonyl (C=O) groups excluding carboxylic acids is 2. The van der Waals surface area contributed by atoms with Crippen molar-refractivity contribution in [3.63, 3.8) is 0 Å². The Morgan fingerprint density at radius 3 is 2.00 bits per heavy atom. The van der Waals surface area contributed by atoms with Gasteiger partial charge in [0.1, 0.15) is 0 Å². The molecule has 1 unspecified atom stereocenters. The predicted molar refractivity (Wildman–Crippen MR) is 68.8 cm³/mol. The molecule has 5 heteroatoms. The smallest absolute Gasteiger partial charge is 0.195 e. The molecule has 0 amide bonds. The number of hydrogen-bond acceptors (Lipinski definition) is 3. The van der Waals surface area contributed by atoms with Crippen molar-refractivity contribution >= 4 is 22.6 Å². The Bertz CT molecular complexity index is 749. The Kier molecular flexibility index (Phi) is 2.66. The maximum atomic E-state index is 12.4. The maximum absolute atomic E-state index is 12.4. The van der Waals surface area contributed by atoms with Gasteiger partial charge in [-0.15, -0.1) is 0 Å². The zero-order valence-electron chi connectivity index (χ0n) is 9.62. The zero-order valence-corrected chi connectivity index (χ0v) is 10.4. The average Bonchev–Trinajstić information content (AvgIpc) is 2.44. The molecule has 94 valence electrons. The summed E-state index contributed by atoms with van der Waals surface area (Å²) in [6.45, 7) is 0. The van der Waals surface area contributed by atoms with Gasteiger partial charge in [0.2, 0.25) is 0 Å². The van der Waals surface area contributed by atoms with Crippen molar-refractivity contribution in [3.8, 4) is 0 Å². The van der Waals surface area contributed by atoms with Crippen LogP contribution in [0.1, 0.15) is 31.8 Å². The van der Waals surface area contributed by atoms with Crippen molar-refractivity contribution in [1.29, 1.82) is 0 Å². The molecule has 1 aliphatic rings. The summed E-state index contributed by atoms with van der Waals surface area (Å²) in [5.41, 5.74) is 0.828. The van der Waals surface area contributed by atoms with E-state index in [9.17, 15) is 18.4 Å². The lowest BCUT2D eigenvalue weighted by molar-refractivity contribution is 0.0976. The Balaban J connectivity index is 2.36. The molecule has 4 nitrogen and oxygen atoms in total. The lowest BCUT2D eigenvalue weighted by atomic mass is 9.84. The standard InChI is InChI=1S/C14H8O4S/c15-13-8-4-1-2-5-9(8)14(16)12-10(13)6-3-7-11(12)19(17)18/h1-7H,(H,17,18). The fourth-order valence-corrected chi connectivity index (χ4v) is 2.83. The monoisotopic (exact) mass is 272 g/mol. The summed E-state index contributed by atoms with van der Waals surface area (Å²) < 4.78 is 20.5. The summed E-state index contributed by atoms with van der Waals surface area (Å²) >= 11 is -2.30. The summed E-state index contributed by atoms with van der Waals surface area (Å²) in [5.74, 6) is -0.680. The van der Waals surface area contributed by atoms with Gasteiger partial charge in [-0.2, -0.15) is 0 Å². The molecule has 2 aromatic carbocycles. The van der Waals surface area contributed by atoms with Gasteiger partial charge in [0.25, 0.3) is 0 Å². The first-order chi connectivity index (χ1) is 9.11. The van der Waals surface area contributed by atoms with Gasteiger partial charge in [-0.05, 0) is 6.07 Å². The van der Waals surface area contributed by atoms with E-state index in [1.165, 1.54) is 18.2 Å². The minimum Gasteiger partial charge on any atom is -0.302 e. The molecule has 1 atom stereocenters. The van der Waals surface area contributed by atoms with Crippen molar-refractivity contribution < 1.29 is 18.4 Å². The van der Waals surface area contributed by atoms with Gasteiger partial charge >= 0.3 is 0 Å². The van der Waals surface area contributed by atoms with Crippen molar-refractivity contribution in [2.45, 2.75) is 4.90 Å². The minimum atomic E-state index is -2.30. The van der Waals surface area contributed by atoms with Gasteiger partial charge in [0, 0.05) is 16.7 Å². The van der Waals surface area contributed by atoms with Crippen LogP contribution in [0, 0.1) is 0 Å². The number of hydrogen-bond donors (Lipinski definition) is 1. The number of benzene rings is 2. The second-order valence-corrected chi connectivity index (χ2v) is 5.07. The van der Waals surface area contributed by atoms with E-state index in [0.717, 1.165) is 0 Å². The van der Waals surface area contributed by atoms with Crippen molar-refractivity contribution in [2.24, 2.45) is 0 Å². The first-order valence-electron chi connectivity index (χ1n) is 5.53. The number of carbonyl (C=O) groups is 2. The van der Waals surface area contributed by atoms with Crippen LogP contribution in [0.2, 0.25) is 0 Å². The molecule has 0 aliphatic heterocycles. The maximum Gasteiger partial charge on any atom is 0.195 e. The van der Waals surface area contributed by atoms with E-state index in [1.54, 1.807) is 24.3 Å². The summed E-state index contributed by atoms with van der Waals surface area (Å²) in [5, 5.41) is 0. The SMILES string of the molecule is O=C1c2ccccc2C(=O)c2c1cccc2S(=O)O. The summed E-state index contributed by atoms with van der Waals surface area (Å²) in [4.78, 5) is 24.7. The van der Waals surface area contributed by atoms with E-state index in [4.69, 9.17) is 0 Å². The molecule has 0 heterocycles. The van der Waals surface area contributed by atoms with E-state index in [0.29, 0.717) is 5.56 Å². The average molecular weight is 272 g/mol. The van der Waals surface area contributed by atoms with Crippen LogP contribution < -0.4 is 0 Å². The van der Waals surface area contributed by atoms with Crippen molar-refractivity contribution in [3.05, 3.63) is 64.7 Å². The van der Waals surface area contributed by atoms with Crippen LogP contribution in [0.3, 0.4) is 0 Å². The fraction of sp³-hybridized carbons (Fsp3) is 0. The fourth-order valence-electron chi connectivity index (χ4n) is 2.26. The second-order valence-electron chi connectivity index (χ2n) is 4.13. The number of fused-ring (bicyclic) bond motifs is 2. The predicted octanol–water partition coefficient (Wildman–Crippen LogP) is 2.04. The first-order valence-corrected chi connectivity index (χ1v) is 6.64. The Labute approximate surface area is 111 Å². The summed E-state index contributed by atoms with van der Waals surface area (Å²) in [6.07, 6.45) is 0. The van der Waals surface area contributed by atoms with Gasteiger partial charge in [-0.3, -0.25) is 9.59 Å². The van der Waals surface area contributed by atoms with Gasteiger partial charge < -0.3 is 4.55 Å². The van der Waals surface area contributed by atoms with Crippen LogP contribution in [0.15, 0.2) is 47.4 Å². The Hall–Kier alpha value is -2.11. The summed E-state index contributed by atoms with van der Waals surface area (Å²) in [7, 11) is 0. The molecule has 1 aliphatic carbocycles. The Morgan fingerprint density at radius 1 is 0.789 bits per heavy atom. The topological polar surface area (TPSA) is 71.4 Å². The molecule has 0 radical (unpaired) electrons. The van der Waals surface area contributed by atoms with E-state index in [2.05, 4.69) is 0 Å². The van der Waals surface area contributed by atoms with Crippen LogP contribution in [0.25, 0.3) is 0 Å². The third-order valence-corrected chi connectivity index (χ3v) is 3.82. The molecule has 0 saturated heterocycles. The molecule has 0 bridgehead atoms. The van der Waals surface area contributed by atoms with E-state index < -0.39 is 11.1 Å². The Morgan fingerprint density at radius 2 is 1.37 bits per heavy atom. The van der Waals surface area contributed by atoms with Crippen molar-refractivity contribution in [2.75, 3.05) is 0 Å². The number of rotatable bonds is 1. The van der Waals surface area contributed by atoms with Gasteiger partial charge in [0.05, 0.1) is 10.5 Å². The highest BCUT2D eigenvalue weighted by Gasteiger charge is 2.32. The molecule has 2 aromatic rings. The van der Waals surface area contributed by atoms with E-state index in [-0.39, 0.29) is 33.2 Å². The molecule has 0 saturated carbocycles. The van der Waals surface area contributed by atoms with Crippen LogP contribution in [0.5, 0.6) is 0 Å². The number of ketones is 2. The lowest BCUT2D eigenvalue weighted by Crippen LogP contribution is -2.22. The van der Waals surface area contributed by atoms with Gasteiger partial charge in [-0.1, -0.05) is 36.4 Å². The molecule has 3 rings (SSSR count). The third kappa shape index (κ3) is 1.67. The molecule has 1 N–H and O–H groups in total. The first kappa shape index (κ1) is 12.0. The quantitative estimate of drug-likeness (QED) is 0.688. The molecular weight excluding hydrogens is 264 g/mol. The lowest BCUT2D eigenvalue weighted by Gasteiger charge is -2.18. The highest BCUT2D eigenvalue weighted by atomic mass is 32.2. The zero-order chi connectivity index (χ0) is 13.6. The van der Waals surface area contributed by atoms with Crippen LogP contribution in [0.4, 0.5) is 0 Å². The molecule has 0 aromatic heterocycles. The van der Waals surface area contributed by atoms with E-state index >= 15 is 0 Å². The van der Waals surface area contributed by atoms with E-state index in [1.807, 2.05) is 0 Å². The second kappa shape index (κ2) is 4.22. The third-order valence-electron chi connectivity index (χ3n) is 3.10. The molecular formula is C14H8O4S. The normalized spacial score (nSPS) is 14.8.